The van der Waals surface area contributed by atoms with Gasteiger partial charge in [0.1, 0.15) is 0 Å². The zero-order valence-electron chi connectivity index (χ0n) is 11.3. The molecule has 0 amide bonds. The summed E-state index contributed by atoms with van der Waals surface area (Å²) >= 11 is 0. The molecule has 0 fully saturated rings. The van der Waals surface area contributed by atoms with Crippen LogP contribution >= 0.6 is 0 Å². The lowest BCUT2D eigenvalue weighted by atomic mass is 10.0. The van der Waals surface area contributed by atoms with Crippen molar-refractivity contribution in [2.75, 3.05) is 20.2 Å². The first kappa shape index (κ1) is 13.7. The Hall–Kier alpha value is -1.71. The molecule has 2 rings (SSSR count). The normalized spacial score (nSPS) is 10.9. The zero-order chi connectivity index (χ0) is 13.5. The number of benzene rings is 1. The van der Waals surface area contributed by atoms with Gasteiger partial charge in [-0.1, -0.05) is 24.3 Å². The van der Waals surface area contributed by atoms with Crippen LogP contribution in [0.3, 0.4) is 0 Å². The van der Waals surface area contributed by atoms with E-state index >= 15 is 0 Å². The molecule has 0 radical (unpaired) electrons. The summed E-state index contributed by atoms with van der Waals surface area (Å²) in [5.41, 5.74) is 3.62. The van der Waals surface area contributed by atoms with Gasteiger partial charge in [-0.3, -0.25) is 4.98 Å². The molecule has 1 aromatic heterocycles. The molecule has 0 aliphatic carbocycles. The average Bonchev–Trinajstić information content (AvgIpc) is 2.46. The highest BCUT2D eigenvalue weighted by atomic mass is 16.3. The number of nitrogens with zero attached hydrogens (tertiary/aromatic N) is 2. The van der Waals surface area contributed by atoms with Crippen LogP contribution in [0.1, 0.15) is 12.0 Å². The van der Waals surface area contributed by atoms with Gasteiger partial charge in [0.15, 0.2) is 0 Å². The maximum atomic E-state index is 8.84. The number of aromatic nitrogens is 1. The van der Waals surface area contributed by atoms with E-state index in [4.69, 9.17) is 5.11 Å². The van der Waals surface area contributed by atoms with E-state index in [2.05, 4.69) is 47.3 Å². The third kappa shape index (κ3) is 4.16. The molecule has 3 nitrogen and oxygen atoms in total. The van der Waals surface area contributed by atoms with Crippen LogP contribution in [-0.2, 0) is 6.54 Å². The first-order valence-electron chi connectivity index (χ1n) is 6.58. The van der Waals surface area contributed by atoms with Crippen molar-refractivity contribution in [2.45, 2.75) is 13.0 Å². The van der Waals surface area contributed by atoms with Crippen LogP contribution in [0.2, 0.25) is 0 Å². The Morgan fingerprint density at radius 3 is 2.74 bits per heavy atom. The van der Waals surface area contributed by atoms with Crippen LogP contribution < -0.4 is 0 Å². The number of rotatable bonds is 6. The second-order valence-corrected chi connectivity index (χ2v) is 4.76. The largest absolute Gasteiger partial charge is 0.396 e. The molecule has 0 saturated carbocycles. The molecule has 0 bridgehead atoms. The van der Waals surface area contributed by atoms with Crippen molar-refractivity contribution in [3.63, 3.8) is 0 Å². The molecule has 0 spiro atoms. The summed E-state index contributed by atoms with van der Waals surface area (Å²) in [6.07, 6.45) is 4.49. The van der Waals surface area contributed by atoms with Gasteiger partial charge in [0, 0.05) is 32.1 Å². The minimum absolute atomic E-state index is 0.250. The van der Waals surface area contributed by atoms with E-state index in [-0.39, 0.29) is 6.61 Å². The van der Waals surface area contributed by atoms with Gasteiger partial charge in [0.25, 0.3) is 0 Å². The Kier molecular flexibility index (Phi) is 5.07. The van der Waals surface area contributed by atoms with Crippen LogP contribution in [0.25, 0.3) is 11.1 Å². The van der Waals surface area contributed by atoms with Gasteiger partial charge < -0.3 is 10.0 Å². The van der Waals surface area contributed by atoms with E-state index in [0.29, 0.717) is 0 Å². The van der Waals surface area contributed by atoms with Crippen LogP contribution in [0, 0.1) is 0 Å². The Balaban J connectivity index is 2.07. The van der Waals surface area contributed by atoms with Gasteiger partial charge in [0.2, 0.25) is 0 Å². The van der Waals surface area contributed by atoms with Crippen LogP contribution in [0.15, 0.2) is 48.8 Å². The predicted molar refractivity (Wildman–Crippen MR) is 77.7 cm³/mol. The summed E-state index contributed by atoms with van der Waals surface area (Å²) in [7, 11) is 2.08. The SMILES string of the molecule is CN(CCCO)Cc1cccc(-c2cccnc2)c1. The molecular weight excluding hydrogens is 236 g/mol. The molecule has 1 N–H and O–H groups in total. The lowest BCUT2D eigenvalue weighted by Gasteiger charge is -2.16. The highest BCUT2D eigenvalue weighted by molar-refractivity contribution is 5.62. The smallest absolute Gasteiger partial charge is 0.0443 e. The molecule has 2 aromatic rings. The average molecular weight is 256 g/mol. The molecule has 3 heteroatoms. The maximum absolute atomic E-state index is 8.84. The first-order chi connectivity index (χ1) is 9.29. The minimum Gasteiger partial charge on any atom is -0.396 e. The summed E-state index contributed by atoms with van der Waals surface area (Å²) in [4.78, 5) is 6.37. The molecule has 19 heavy (non-hydrogen) atoms. The molecular formula is C16H20N2O. The Labute approximate surface area is 114 Å². The topological polar surface area (TPSA) is 36.4 Å². The van der Waals surface area contributed by atoms with Gasteiger partial charge in [-0.25, -0.2) is 0 Å². The third-order valence-corrected chi connectivity index (χ3v) is 3.07. The van der Waals surface area contributed by atoms with Crippen molar-refractivity contribution in [1.29, 1.82) is 0 Å². The Morgan fingerprint density at radius 1 is 1.16 bits per heavy atom. The van der Waals surface area contributed by atoms with Crippen LogP contribution in [0.4, 0.5) is 0 Å². The van der Waals surface area contributed by atoms with Gasteiger partial charge in [-0.05, 0) is 42.3 Å². The quantitative estimate of drug-likeness (QED) is 0.863. The molecule has 0 aliphatic rings. The standard InChI is InChI=1S/C16H20N2O/c1-18(9-4-10-19)13-14-5-2-6-15(11-14)16-7-3-8-17-12-16/h2-3,5-8,11-12,19H,4,9-10,13H2,1H3. The van der Waals surface area contributed by atoms with E-state index in [1.165, 1.54) is 11.1 Å². The fraction of sp³-hybridized carbons (Fsp3) is 0.312. The van der Waals surface area contributed by atoms with Crippen molar-refractivity contribution in [3.8, 4) is 11.1 Å². The Bertz CT molecular complexity index is 499. The summed E-state index contributed by atoms with van der Waals surface area (Å²) in [5.74, 6) is 0. The van der Waals surface area contributed by atoms with E-state index in [1.807, 2.05) is 12.3 Å². The summed E-state index contributed by atoms with van der Waals surface area (Å²) in [5, 5.41) is 8.84. The molecule has 1 heterocycles. The second-order valence-electron chi connectivity index (χ2n) is 4.76. The van der Waals surface area contributed by atoms with Gasteiger partial charge in [-0.15, -0.1) is 0 Å². The van der Waals surface area contributed by atoms with Gasteiger partial charge >= 0.3 is 0 Å². The highest BCUT2D eigenvalue weighted by Gasteiger charge is 2.02. The zero-order valence-corrected chi connectivity index (χ0v) is 11.3. The number of aliphatic hydroxyl groups is 1. The molecule has 100 valence electrons. The Morgan fingerprint density at radius 2 is 2.00 bits per heavy atom. The molecule has 0 atom stereocenters. The predicted octanol–water partition coefficient (Wildman–Crippen LogP) is 2.56. The number of aliphatic hydroxyl groups excluding tert-OH is 1. The molecule has 0 aliphatic heterocycles. The molecule has 0 unspecified atom stereocenters. The lowest BCUT2D eigenvalue weighted by Crippen LogP contribution is -2.19. The highest BCUT2D eigenvalue weighted by Crippen LogP contribution is 2.19. The van der Waals surface area contributed by atoms with Crippen molar-refractivity contribution >= 4 is 0 Å². The fourth-order valence-corrected chi connectivity index (χ4v) is 2.11. The number of hydrogen-bond acceptors (Lipinski definition) is 3. The van der Waals surface area contributed by atoms with E-state index < -0.39 is 0 Å². The molecule has 1 aromatic carbocycles. The maximum Gasteiger partial charge on any atom is 0.0443 e. The van der Waals surface area contributed by atoms with Crippen molar-refractivity contribution in [3.05, 3.63) is 54.4 Å². The van der Waals surface area contributed by atoms with Crippen molar-refractivity contribution < 1.29 is 5.11 Å². The third-order valence-electron chi connectivity index (χ3n) is 3.07. The summed E-state index contributed by atoms with van der Waals surface area (Å²) < 4.78 is 0. The lowest BCUT2D eigenvalue weighted by molar-refractivity contribution is 0.244. The number of hydrogen-bond donors (Lipinski definition) is 1. The van der Waals surface area contributed by atoms with Gasteiger partial charge in [-0.2, -0.15) is 0 Å². The second kappa shape index (κ2) is 7.02. The summed E-state index contributed by atoms with van der Waals surface area (Å²) in [6, 6.07) is 12.5. The van der Waals surface area contributed by atoms with Crippen molar-refractivity contribution in [2.24, 2.45) is 0 Å². The van der Waals surface area contributed by atoms with E-state index in [9.17, 15) is 0 Å². The van der Waals surface area contributed by atoms with Crippen LogP contribution in [0.5, 0.6) is 0 Å². The number of pyridine rings is 1. The van der Waals surface area contributed by atoms with Crippen molar-refractivity contribution in [1.82, 2.24) is 9.88 Å². The van der Waals surface area contributed by atoms with Gasteiger partial charge in [0.05, 0.1) is 0 Å². The van der Waals surface area contributed by atoms with E-state index in [0.717, 1.165) is 25.1 Å². The minimum atomic E-state index is 0.250. The first-order valence-corrected chi connectivity index (χ1v) is 6.58. The molecule has 0 saturated heterocycles. The fourth-order valence-electron chi connectivity index (χ4n) is 2.11. The summed E-state index contributed by atoms with van der Waals surface area (Å²) in [6.45, 7) is 2.06. The van der Waals surface area contributed by atoms with E-state index in [1.54, 1.807) is 6.20 Å². The van der Waals surface area contributed by atoms with Crippen LogP contribution in [-0.4, -0.2) is 35.2 Å². The monoisotopic (exact) mass is 256 g/mol.